The number of aromatic nitrogens is 2. The fourth-order valence-corrected chi connectivity index (χ4v) is 1.96. The van der Waals surface area contributed by atoms with Crippen molar-refractivity contribution in [2.24, 2.45) is 0 Å². The summed E-state index contributed by atoms with van der Waals surface area (Å²) in [4.78, 5) is 8.90. The van der Waals surface area contributed by atoms with Gasteiger partial charge in [-0.1, -0.05) is 25.5 Å². The van der Waals surface area contributed by atoms with Crippen LogP contribution in [-0.2, 0) is 0 Å². The van der Waals surface area contributed by atoms with Crippen LogP contribution in [0.2, 0.25) is 0 Å². The molecular weight excluding hydrogens is 248 g/mol. The van der Waals surface area contributed by atoms with Crippen LogP contribution >= 0.6 is 0 Å². The topological polar surface area (TPSA) is 49.8 Å². The van der Waals surface area contributed by atoms with E-state index in [-0.39, 0.29) is 0 Å². The molecule has 106 valence electrons. The van der Waals surface area contributed by atoms with Gasteiger partial charge in [0, 0.05) is 24.0 Å². The maximum absolute atomic E-state index is 4.50. The maximum atomic E-state index is 4.50. The van der Waals surface area contributed by atoms with Crippen LogP contribution in [0.3, 0.4) is 0 Å². The minimum Gasteiger partial charge on any atom is -0.354 e. The number of anilines is 3. The highest BCUT2D eigenvalue weighted by atomic mass is 15.1. The summed E-state index contributed by atoms with van der Waals surface area (Å²) in [6.45, 7) is 7.13. The van der Waals surface area contributed by atoms with E-state index in [2.05, 4.69) is 46.6 Å². The highest BCUT2D eigenvalue weighted by Crippen LogP contribution is 2.17. The minimum absolute atomic E-state index is 0.689. The van der Waals surface area contributed by atoms with E-state index in [4.69, 9.17) is 0 Å². The van der Waals surface area contributed by atoms with Gasteiger partial charge >= 0.3 is 0 Å². The van der Waals surface area contributed by atoms with Crippen LogP contribution in [-0.4, -0.2) is 16.5 Å². The fourth-order valence-electron chi connectivity index (χ4n) is 1.96. The van der Waals surface area contributed by atoms with Crippen LogP contribution in [0.1, 0.15) is 31.0 Å². The van der Waals surface area contributed by atoms with Crippen LogP contribution in [0.25, 0.3) is 0 Å². The van der Waals surface area contributed by atoms with Crippen LogP contribution in [0.15, 0.2) is 30.3 Å². The van der Waals surface area contributed by atoms with E-state index in [1.54, 1.807) is 0 Å². The van der Waals surface area contributed by atoms with Gasteiger partial charge in [-0.2, -0.15) is 4.98 Å². The molecule has 0 aliphatic carbocycles. The number of nitrogens with zero attached hydrogens (tertiary/aromatic N) is 2. The molecule has 1 heterocycles. The summed E-state index contributed by atoms with van der Waals surface area (Å²) in [5, 5.41) is 6.59. The smallest absolute Gasteiger partial charge is 0.224 e. The molecule has 1 aromatic carbocycles. The average Bonchev–Trinajstić information content (AvgIpc) is 2.38. The molecule has 2 rings (SSSR count). The highest BCUT2D eigenvalue weighted by molar-refractivity contribution is 5.58. The molecule has 2 aromatic rings. The summed E-state index contributed by atoms with van der Waals surface area (Å²) >= 11 is 0. The number of hydrogen-bond acceptors (Lipinski definition) is 4. The first-order chi connectivity index (χ1) is 9.67. The number of hydrogen-bond donors (Lipinski definition) is 2. The summed E-state index contributed by atoms with van der Waals surface area (Å²) in [5.74, 6) is 1.51. The SMILES string of the molecule is CCCCNc1nc(C)cc(Nc2cccc(C)c2)n1. The number of rotatable bonds is 6. The fraction of sp³-hybridized carbons (Fsp3) is 0.375. The lowest BCUT2D eigenvalue weighted by molar-refractivity contribution is 0.825. The van der Waals surface area contributed by atoms with Crippen molar-refractivity contribution in [3.05, 3.63) is 41.6 Å². The molecule has 2 N–H and O–H groups in total. The highest BCUT2D eigenvalue weighted by Gasteiger charge is 2.02. The van der Waals surface area contributed by atoms with Gasteiger partial charge in [-0.15, -0.1) is 0 Å². The molecule has 0 aliphatic heterocycles. The molecule has 0 radical (unpaired) electrons. The number of benzene rings is 1. The molecule has 0 saturated heterocycles. The van der Waals surface area contributed by atoms with Gasteiger partial charge in [0.15, 0.2) is 0 Å². The number of unbranched alkanes of at least 4 members (excludes halogenated alkanes) is 1. The predicted molar refractivity (Wildman–Crippen MR) is 84.6 cm³/mol. The van der Waals surface area contributed by atoms with Crippen molar-refractivity contribution in [2.45, 2.75) is 33.6 Å². The van der Waals surface area contributed by atoms with Gasteiger partial charge in [0.25, 0.3) is 0 Å². The lowest BCUT2D eigenvalue weighted by atomic mass is 10.2. The first-order valence-corrected chi connectivity index (χ1v) is 7.10. The zero-order valence-corrected chi connectivity index (χ0v) is 12.4. The quantitative estimate of drug-likeness (QED) is 0.777. The molecule has 0 aliphatic rings. The summed E-state index contributed by atoms with van der Waals surface area (Å²) in [7, 11) is 0. The van der Waals surface area contributed by atoms with Crippen LogP contribution in [0, 0.1) is 13.8 Å². The zero-order valence-electron chi connectivity index (χ0n) is 12.4. The van der Waals surface area contributed by atoms with Crippen molar-refractivity contribution in [1.82, 2.24) is 9.97 Å². The molecular formula is C16H22N4. The molecule has 4 nitrogen and oxygen atoms in total. The van der Waals surface area contributed by atoms with Crippen molar-refractivity contribution in [3.63, 3.8) is 0 Å². The molecule has 0 atom stereocenters. The largest absolute Gasteiger partial charge is 0.354 e. The van der Waals surface area contributed by atoms with Gasteiger partial charge < -0.3 is 10.6 Å². The van der Waals surface area contributed by atoms with E-state index in [0.29, 0.717) is 5.95 Å². The third-order valence-corrected chi connectivity index (χ3v) is 2.96. The Morgan fingerprint density at radius 3 is 2.70 bits per heavy atom. The van der Waals surface area contributed by atoms with Crippen LogP contribution in [0.4, 0.5) is 17.5 Å². The Labute approximate surface area is 120 Å². The van der Waals surface area contributed by atoms with Gasteiger partial charge in [0.05, 0.1) is 0 Å². The Balaban J connectivity index is 2.11. The van der Waals surface area contributed by atoms with E-state index in [9.17, 15) is 0 Å². The predicted octanol–water partition coefficient (Wildman–Crippen LogP) is 4.05. The van der Waals surface area contributed by atoms with Gasteiger partial charge in [0.1, 0.15) is 5.82 Å². The molecule has 0 fully saturated rings. The van der Waals surface area contributed by atoms with Crippen molar-refractivity contribution in [1.29, 1.82) is 0 Å². The van der Waals surface area contributed by atoms with Gasteiger partial charge in [-0.25, -0.2) is 4.98 Å². The van der Waals surface area contributed by atoms with E-state index >= 15 is 0 Å². The van der Waals surface area contributed by atoms with Gasteiger partial charge in [0.2, 0.25) is 5.95 Å². The monoisotopic (exact) mass is 270 g/mol. The van der Waals surface area contributed by atoms with Crippen molar-refractivity contribution < 1.29 is 0 Å². The lowest BCUT2D eigenvalue weighted by Crippen LogP contribution is -2.07. The first-order valence-electron chi connectivity index (χ1n) is 7.10. The molecule has 0 unspecified atom stereocenters. The number of nitrogens with one attached hydrogen (secondary N) is 2. The number of aryl methyl sites for hydroxylation is 2. The normalized spacial score (nSPS) is 10.3. The third-order valence-electron chi connectivity index (χ3n) is 2.96. The van der Waals surface area contributed by atoms with Crippen LogP contribution < -0.4 is 10.6 Å². The minimum atomic E-state index is 0.689. The second-order valence-corrected chi connectivity index (χ2v) is 4.99. The van der Waals surface area contributed by atoms with E-state index < -0.39 is 0 Å². The Morgan fingerprint density at radius 2 is 1.95 bits per heavy atom. The molecule has 20 heavy (non-hydrogen) atoms. The molecule has 1 aromatic heterocycles. The standard InChI is InChI=1S/C16H22N4/c1-4-5-9-17-16-18-13(3)11-15(20-16)19-14-8-6-7-12(2)10-14/h6-8,10-11H,4-5,9H2,1-3H3,(H2,17,18,19,20). The molecule has 0 spiro atoms. The Hall–Kier alpha value is -2.10. The average molecular weight is 270 g/mol. The van der Waals surface area contributed by atoms with Crippen molar-refractivity contribution >= 4 is 17.5 Å². The molecule has 4 heteroatoms. The maximum Gasteiger partial charge on any atom is 0.224 e. The van der Waals surface area contributed by atoms with Crippen LogP contribution in [0.5, 0.6) is 0 Å². The van der Waals surface area contributed by atoms with E-state index in [1.807, 2.05) is 25.1 Å². The van der Waals surface area contributed by atoms with Gasteiger partial charge in [-0.3, -0.25) is 0 Å². The zero-order chi connectivity index (χ0) is 14.4. The molecule has 0 bridgehead atoms. The summed E-state index contributed by atoms with van der Waals surface area (Å²) in [6, 6.07) is 10.2. The lowest BCUT2D eigenvalue weighted by Gasteiger charge is -2.10. The second kappa shape index (κ2) is 6.89. The summed E-state index contributed by atoms with van der Waals surface area (Å²) < 4.78 is 0. The Bertz CT molecular complexity index is 566. The first kappa shape index (κ1) is 14.3. The van der Waals surface area contributed by atoms with E-state index in [1.165, 1.54) is 5.56 Å². The Kier molecular flexibility index (Phi) is 4.93. The summed E-state index contributed by atoms with van der Waals surface area (Å²) in [6.07, 6.45) is 2.28. The van der Waals surface area contributed by atoms with Crippen molar-refractivity contribution in [2.75, 3.05) is 17.2 Å². The second-order valence-electron chi connectivity index (χ2n) is 4.99. The third kappa shape index (κ3) is 4.23. The molecule has 0 amide bonds. The molecule has 0 saturated carbocycles. The summed E-state index contributed by atoms with van der Waals surface area (Å²) in [5.41, 5.74) is 3.22. The Morgan fingerprint density at radius 1 is 1.10 bits per heavy atom. The van der Waals surface area contributed by atoms with Crippen molar-refractivity contribution in [3.8, 4) is 0 Å². The van der Waals surface area contributed by atoms with E-state index in [0.717, 1.165) is 36.6 Å². The van der Waals surface area contributed by atoms with Gasteiger partial charge in [-0.05, 0) is 38.0 Å².